The molecule has 0 aliphatic carbocycles. The minimum absolute atomic E-state index is 0.228. The van der Waals surface area contributed by atoms with Crippen molar-refractivity contribution in [1.82, 2.24) is 50.1 Å². The zero-order valence-electron chi connectivity index (χ0n) is 36.3. The topological polar surface area (TPSA) is 187 Å². The van der Waals surface area contributed by atoms with Crippen molar-refractivity contribution in [2.24, 2.45) is 0 Å². The molecule has 17 nitrogen and oxygen atoms in total. The van der Waals surface area contributed by atoms with Crippen LogP contribution in [-0.2, 0) is 30.9 Å². The molecule has 17 heteroatoms. The number of aromatic nitrogens is 8. The Morgan fingerprint density at radius 1 is 0.585 bits per heavy atom. The number of urea groups is 2. The van der Waals surface area contributed by atoms with Gasteiger partial charge in [-0.3, -0.25) is 0 Å². The number of amides is 4. The van der Waals surface area contributed by atoms with Gasteiger partial charge in [-0.25, -0.2) is 19.0 Å². The van der Waals surface area contributed by atoms with E-state index in [0.717, 1.165) is 78.8 Å². The lowest BCUT2D eigenvalue weighted by molar-refractivity contribution is 0.113. The Morgan fingerprint density at radius 3 is 1.42 bits per heavy atom. The normalized spacial score (nSPS) is 15.8. The maximum Gasteiger partial charge on any atom is 0.323 e. The molecule has 2 unspecified atom stereocenters. The number of rotatable bonds is 14. The first-order valence-corrected chi connectivity index (χ1v) is 21.4. The van der Waals surface area contributed by atoms with Gasteiger partial charge < -0.3 is 34.2 Å². The van der Waals surface area contributed by atoms with Crippen LogP contribution in [0.15, 0.2) is 119 Å². The minimum Gasteiger partial charge on any atom is -0.378 e. The van der Waals surface area contributed by atoms with Crippen LogP contribution in [0.5, 0.6) is 0 Å². The van der Waals surface area contributed by atoms with E-state index in [4.69, 9.17) is 13.8 Å². The van der Waals surface area contributed by atoms with E-state index in [9.17, 15) is 9.59 Å². The Morgan fingerprint density at radius 2 is 1.02 bits per heavy atom. The number of carbonyl (C=O) groups is 2. The predicted octanol–water partition coefficient (Wildman–Crippen LogP) is 8.40. The van der Waals surface area contributed by atoms with E-state index < -0.39 is 0 Å². The molecule has 4 aromatic heterocycles. The van der Waals surface area contributed by atoms with E-state index in [-0.39, 0.29) is 37.2 Å². The summed E-state index contributed by atoms with van der Waals surface area (Å²) < 4.78 is 20.4. The van der Waals surface area contributed by atoms with Crippen LogP contribution < -0.4 is 10.6 Å². The molecule has 8 aromatic rings. The summed E-state index contributed by atoms with van der Waals surface area (Å²) in [6, 6.07) is 30.8. The molecule has 4 aromatic carbocycles. The number of nitrogens with zero attached hydrogens (tertiary/aromatic N) is 10. The average Bonchev–Trinajstić information content (AvgIpc) is 4.12. The molecule has 0 saturated heterocycles. The molecule has 10 rings (SSSR count). The van der Waals surface area contributed by atoms with E-state index in [1.54, 1.807) is 19.2 Å². The molecule has 65 heavy (non-hydrogen) atoms. The highest BCUT2D eigenvalue weighted by Crippen LogP contribution is 2.43. The quantitative estimate of drug-likeness (QED) is 0.0999. The van der Waals surface area contributed by atoms with Gasteiger partial charge in [0.2, 0.25) is 0 Å². The van der Waals surface area contributed by atoms with Gasteiger partial charge in [-0.15, -0.1) is 10.2 Å². The Labute approximate surface area is 374 Å². The highest BCUT2D eigenvalue weighted by Gasteiger charge is 2.36. The van der Waals surface area contributed by atoms with Gasteiger partial charge in [0.1, 0.15) is 22.9 Å². The fourth-order valence-electron chi connectivity index (χ4n) is 8.97. The van der Waals surface area contributed by atoms with Crippen LogP contribution in [0.25, 0.3) is 22.3 Å². The summed E-state index contributed by atoms with van der Waals surface area (Å²) in [5.41, 5.74) is 12.1. The third-order valence-corrected chi connectivity index (χ3v) is 12.0. The smallest absolute Gasteiger partial charge is 0.323 e. The molecule has 2 aliphatic rings. The van der Waals surface area contributed by atoms with Gasteiger partial charge in [-0.05, 0) is 74.2 Å². The maximum atomic E-state index is 13.7. The van der Waals surface area contributed by atoms with Crippen LogP contribution >= 0.6 is 0 Å². The highest BCUT2D eigenvalue weighted by atomic mass is 16.5. The van der Waals surface area contributed by atoms with Gasteiger partial charge in [-0.1, -0.05) is 93.5 Å². The summed E-state index contributed by atoms with van der Waals surface area (Å²) >= 11 is 0. The Hall–Kier alpha value is -7.92. The molecule has 6 heterocycles. The zero-order chi connectivity index (χ0) is 44.6. The second-order valence-corrected chi connectivity index (χ2v) is 16.3. The molecule has 2 atom stereocenters. The van der Waals surface area contributed by atoms with Gasteiger partial charge in [-0.2, -0.15) is 0 Å². The summed E-state index contributed by atoms with van der Waals surface area (Å²) in [7, 11) is 0. The molecule has 4 amide bonds. The van der Waals surface area contributed by atoms with Crippen LogP contribution in [-0.4, -0.2) is 75.4 Å². The number of fused-ring (bicyclic) bond motifs is 2. The van der Waals surface area contributed by atoms with Crippen molar-refractivity contribution in [3.63, 3.8) is 0 Å². The minimum atomic E-state index is -0.377. The van der Waals surface area contributed by atoms with Crippen LogP contribution in [0, 0.1) is 27.7 Å². The number of anilines is 2. The molecule has 2 aliphatic heterocycles. The van der Waals surface area contributed by atoms with E-state index >= 15 is 0 Å². The molecular formula is C48H46N12O5. The van der Waals surface area contributed by atoms with Crippen LogP contribution in [0.2, 0.25) is 0 Å². The van der Waals surface area contributed by atoms with Gasteiger partial charge in [0, 0.05) is 33.6 Å². The molecular weight excluding hydrogens is 825 g/mol. The summed E-state index contributed by atoms with van der Waals surface area (Å²) in [5, 5.41) is 32.0. The lowest BCUT2D eigenvalue weighted by Gasteiger charge is -2.37. The molecule has 0 spiro atoms. The summed E-state index contributed by atoms with van der Waals surface area (Å²) in [6.45, 7) is 9.78. The second kappa shape index (κ2) is 17.3. The van der Waals surface area contributed by atoms with Crippen molar-refractivity contribution in [1.29, 1.82) is 0 Å². The van der Waals surface area contributed by atoms with E-state index in [2.05, 4.69) is 53.7 Å². The first-order valence-electron chi connectivity index (χ1n) is 21.4. The lowest BCUT2D eigenvalue weighted by Crippen LogP contribution is -2.42. The first kappa shape index (κ1) is 41.1. The summed E-state index contributed by atoms with van der Waals surface area (Å²) in [5.74, 6) is 1.47. The first-order chi connectivity index (χ1) is 31.7. The average molecular weight is 871 g/mol. The number of carbonyl (C=O) groups excluding carboxylic acids is 2. The van der Waals surface area contributed by atoms with Crippen molar-refractivity contribution in [2.75, 3.05) is 23.8 Å². The SMILES string of the molecule is Cc1noc(C)c1-c1ccc2c(c1)C(c1ccccc1)N(Cc1cn(CCOCCn3cc(CN4C(=O)Nc5ccc(-c6c(C)noc6C)cc5C4c4ccccc4)nn3)nn1)C(=O)N2. The third kappa shape index (κ3) is 8.12. The number of hydrogen-bond donors (Lipinski definition) is 2. The predicted molar refractivity (Wildman–Crippen MR) is 239 cm³/mol. The van der Waals surface area contributed by atoms with Crippen LogP contribution in [0.4, 0.5) is 21.0 Å². The lowest BCUT2D eigenvalue weighted by atomic mass is 9.90. The van der Waals surface area contributed by atoms with Gasteiger partial charge >= 0.3 is 12.1 Å². The number of ether oxygens (including phenoxy) is 1. The van der Waals surface area contributed by atoms with E-state index in [1.807, 2.05) is 125 Å². The number of benzene rings is 4. The summed E-state index contributed by atoms with van der Waals surface area (Å²) in [4.78, 5) is 31.0. The monoisotopic (exact) mass is 870 g/mol. The van der Waals surface area contributed by atoms with Crippen molar-refractivity contribution in [3.05, 3.63) is 166 Å². The molecule has 328 valence electrons. The van der Waals surface area contributed by atoms with Crippen LogP contribution in [0.1, 0.15) is 68.6 Å². The number of hydrogen-bond acceptors (Lipinski definition) is 11. The van der Waals surface area contributed by atoms with Crippen molar-refractivity contribution >= 4 is 23.4 Å². The fourth-order valence-corrected chi connectivity index (χ4v) is 8.97. The van der Waals surface area contributed by atoms with Crippen molar-refractivity contribution in [3.8, 4) is 22.3 Å². The fraction of sp³-hybridized carbons (Fsp3) is 0.250. The molecule has 0 saturated carbocycles. The maximum absolute atomic E-state index is 13.7. The van der Waals surface area contributed by atoms with Crippen LogP contribution in [0.3, 0.4) is 0 Å². The van der Waals surface area contributed by atoms with E-state index in [0.29, 0.717) is 37.7 Å². The summed E-state index contributed by atoms with van der Waals surface area (Å²) in [6.07, 6.45) is 3.68. The standard InChI is InChI=1S/C48H46N12O5/c1-29-43(31(3)64-53-29)35-15-17-41-39(23-35)45(33-11-7-5-8-12-33)59(47(61)49-41)27-37-25-57(55-51-37)19-21-63-22-20-58-26-38(52-56-58)28-60-46(34-13-9-6-10-14-34)40-24-36(16-18-42(40)50-48(60)62)44-30(2)54-65-32(44)4/h5-18,23-26,45-46H,19-22,27-28H2,1-4H3,(H,49,61)(H,50,62). The van der Waals surface area contributed by atoms with Gasteiger partial charge in [0.15, 0.2) is 0 Å². The van der Waals surface area contributed by atoms with Gasteiger partial charge in [0.25, 0.3) is 0 Å². The number of aryl methyl sites for hydroxylation is 4. The van der Waals surface area contributed by atoms with Crippen molar-refractivity contribution < 1.29 is 23.4 Å². The Bertz CT molecular complexity index is 2770. The zero-order valence-corrected chi connectivity index (χ0v) is 36.3. The molecule has 0 fully saturated rings. The van der Waals surface area contributed by atoms with Gasteiger partial charge in [0.05, 0.1) is 75.3 Å². The molecule has 0 radical (unpaired) electrons. The Balaban J connectivity index is 0.773. The number of nitrogens with one attached hydrogen (secondary N) is 2. The largest absolute Gasteiger partial charge is 0.378 e. The second-order valence-electron chi connectivity index (χ2n) is 16.3. The van der Waals surface area contributed by atoms with Crippen molar-refractivity contribution in [2.45, 2.75) is 66.0 Å². The highest BCUT2D eigenvalue weighted by molar-refractivity contribution is 5.95. The molecule has 0 bridgehead atoms. The molecule has 2 N–H and O–H groups in total. The third-order valence-electron chi connectivity index (χ3n) is 12.0. The Kier molecular flexibility index (Phi) is 11.0. The van der Waals surface area contributed by atoms with E-state index in [1.165, 1.54) is 0 Å².